The van der Waals surface area contributed by atoms with Crippen LogP contribution in [-0.4, -0.2) is 25.7 Å². The van der Waals surface area contributed by atoms with E-state index in [0.29, 0.717) is 29.7 Å². The number of ether oxygens (including phenoxy) is 2. The van der Waals surface area contributed by atoms with Crippen LogP contribution in [0.15, 0.2) is 18.2 Å². The number of carbonyl (C=O) groups excluding carboxylic acids is 1. The van der Waals surface area contributed by atoms with E-state index in [9.17, 15) is 4.79 Å². The van der Waals surface area contributed by atoms with Crippen LogP contribution in [0, 0.1) is 12.3 Å². The minimum atomic E-state index is -0.260. The Kier molecular flexibility index (Phi) is 4.32. The number of fused-ring (bicyclic) bond motifs is 1. The SMILES string of the molecule is C#CCNC(=O)/C=C/c1cc(Cl)c2c(c1)OCCO2. The van der Waals surface area contributed by atoms with Crippen LogP contribution in [0.1, 0.15) is 5.56 Å². The lowest BCUT2D eigenvalue weighted by atomic mass is 10.1. The highest BCUT2D eigenvalue weighted by molar-refractivity contribution is 6.32. The van der Waals surface area contributed by atoms with Crippen LogP contribution < -0.4 is 14.8 Å². The Labute approximate surface area is 116 Å². The van der Waals surface area contributed by atoms with Crippen molar-refractivity contribution in [3.8, 4) is 23.8 Å². The van der Waals surface area contributed by atoms with E-state index < -0.39 is 0 Å². The Balaban J connectivity index is 2.13. The van der Waals surface area contributed by atoms with E-state index in [2.05, 4.69) is 11.2 Å². The molecule has 0 spiro atoms. The Bertz CT molecular complexity index is 561. The molecule has 5 heteroatoms. The van der Waals surface area contributed by atoms with Gasteiger partial charge in [0, 0.05) is 6.08 Å². The summed E-state index contributed by atoms with van der Waals surface area (Å²) in [6.45, 7) is 1.17. The summed E-state index contributed by atoms with van der Waals surface area (Å²) < 4.78 is 10.9. The number of amides is 1. The fraction of sp³-hybridized carbons (Fsp3) is 0.214. The molecule has 1 aromatic carbocycles. The number of hydrogen-bond acceptors (Lipinski definition) is 3. The first kappa shape index (κ1) is 13.3. The van der Waals surface area contributed by atoms with E-state index >= 15 is 0 Å². The molecule has 1 aliphatic heterocycles. The lowest BCUT2D eigenvalue weighted by molar-refractivity contribution is -0.116. The zero-order valence-corrected chi connectivity index (χ0v) is 10.9. The standard InChI is InChI=1S/C14H12ClNO3/c1-2-5-16-13(17)4-3-10-8-11(15)14-12(9-10)18-6-7-19-14/h1,3-4,8-9H,5-7H2,(H,16,17)/b4-3+. The Morgan fingerprint density at radius 3 is 3.05 bits per heavy atom. The molecule has 19 heavy (non-hydrogen) atoms. The summed E-state index contributed by atoms with van der Waals surface area (Å²) in [5.74, 6) is 3.19. The summed E-state index contributed by atoms with van der Waals surface area (Å²) in [7, 11) is 0. The van der Waals surface area contributed by atoms with Crippen LogP contribution in [0.25, 0.3) is 6.08 Å². The molecule has 0 fully saturated rings. The molecule has 1 aromatic rings. The summed E-state index contributed by atoms with van der Waals surface area (Å²) in [4.78, 5) is 11.4. The maximum absolute atomic E-state index is 11.4. The molecule has 0 radical (unpaired) electrons. The summed E-state index contributed by atoms with van der Waals surface area (Å²) in [5.41, 5.74) is 0.755. The van der Waals surface area contributed by atoms with Gasteiger partial charge in [-0.2, -0.15) is 0 Å². The molecule has 0 aliphatic carbocycles. The van der Waals surface area contributed by atoms with Crippen molar-refractivity contribution in [2.45, 2.75) is 0 Å². The lowest BCUT2D eigenvalue weighted by Gasteiger charge is -2.19. The summed E-state index contributed by atoms with van der Waals surface area (Å²) in [6.07, 6.45) is 8.07. The highest BCUT2D eigenvalue weighted by atomic mass is 35.5. The van der Waals surface area contributed by atoms with Gasteiger partial charge >= 0.3 is 0 Å². The zero-order valence-electron chi connectivity index (χ0n) is 10.1. The van der Waals surface area contributed by atoms with Crippen LogP contribution in [0.3, 0.4) is 0 Å². The number of rotatable bonds is 3. The fourth-order valence-electron chi connectivity index (χ4n) is 1.60. The van der Waals surface area contributed by atoms with Crippen LogP contribution >= 0.6 is 11.6 Å². The Hall–Kier alpha value is -2.12. The Morgan fingerprint density at radius 2 is 2.26 bits per heavy atom. The molecule has 1 aliphatic rings. The number of halogens is 1. The average molecular weight is 278 g/mol. The molecule has 0 saturated heterocycles. The van der Waals surface area contributed by atoms with Crippen LogP contribution in [0.5, 0.6) is 11.5 Å². The van der Waals surface area contributed by atoms with Crippen LogP contribution in [0.2, 0.25) is 5.02 Å². The first-order valence-corrected chi connectivity index (χ1v) is 6.07. The summed E-state index contributed by atoms with van der Waals surface area (Å²) in [6, 6.07) is 3.48. The van der Waals surface area contributed by atoms with E-state index in [1.165, 1.54) is 6.08 Å². The van der Waals surface area contributed by atoms with Gasteiger partial charge in [-0.25, -0.2) is 0 Å². The third-order valence-electron chi connectivity index (χ3n) is 2.41. The fourth-order valence-corrected chi connectivity index (χ4v) is 1.87. The molecule has 1 N–H and O–H groups in total. The molecule has 0 atom stereocenters. The first-order valence-electron chi connectivity index (χ1n) is 5.69. The minimum absolute atomic E-state index is 0.199. The van der Waals surface area contributed by atoms with Crippen molar-refractivity contribution in [3.63, 3.8) is 0 Å². The minimum Gasteiger partial charge on any atom is -0.486 e. The summed E-state index contributed by atoms with van der Waals surface area (Å²) in [5, 5.41) is 2.99. The van der Waals surface area contributed by atoms with Crippen molar-refractivity contribution in [2.75, 3.05) is 19.8 Å². The molecule has 0 bridgehead atoms. The van der Waals surface area contributed by atoms with Crippen molar-refractivity contribution in [1.29, 1.82) is 0 Å². The van der Waals surface area contributed by atoms with Crippen molar-refractivity contribution in [2.24, 2.45) is 0 Å². The molecule has 1 amide bonds. The molecular formula is C14H12ClNO3. The third-order valence-corrected chi connectivity index (χ3v) is 2.69. The molecule has 4 nitrogen and oxygen atoms in total. The molecule has 0 saturated carbocycles. The van der Waals surface area contributed by atoms with Gasteiger partial charge < -0.3 is 14.8 Å². The second-order valence-corrected chi connectivity index (χ2v) is 4.19. The predicted molar refractivity (Wildman–Crippen MR) is 73.3 cm³/mol. The van der Waals surface area contributed by atoms with E-state index in [-0.39, 0.29) is 12.5 Å². The van der Waals surface area contributed by atoms with Crippen LogP contribution in [-0.2, 0) is 4.79 Å². The maximum atomic E-state index is 11.4. The van der Waals surface area contributed by atoms with Gasteiger partial charge in [0.1, 0.15) is 13.2 Å². The maximum Gasteiger partial charge on any atom is 0.244 e. The van der Waals surface area contributed by atoms with E-state index in [0.717, 1.165) is 5.56 Å². The van der Waals surface area contributed by atoms with Gasteiger partial charge in [0.25, 0.3) is 0 Å². The number of hydrogen-bond donors (Lipinski definition) is 1. The second kappa shape index (κ2) is 6.17. The molecular weight excluding hydrogens is 266 g/mol. The van der Waals surface area contributed by atoms with Crippen molar-refractivity contribution in [1.82, 2.24) is 5.32 Å². The van der Waals surface area contributed by atoms with Gasteiger partial charge in [-0.3, -0.25) is 4.79 Å². The van der Waals surface area contributed by atoms with Gasteiger partial charge in [-0.15, -0.1) is 6.42 Å². The monoisotopic (exact) mass is 277 g/mol. The largest absolute Gasteiger partial charge is 0.486 e. The third kappa shape index (κ3) is 3.43. The van der Waals surface area contributed by atoms with E-state index in [1.807, 2.05) is 0 Å². The van der Waals surface area contributed by atoms with Gasteiger partial charge in [-0.05, 0) is 23.8 Å². The quantitative estimate of drug-likeness (QED) is 0.678. The topological polar surface area (TPSA) is 47.6 Å². The average Bonchev–Trinajstić information content (AvgIpc) is 2.43. The molecule has 98 valence electrons. The summed E-state index contributed by atoms with van der Waals surface area (Å²) >= 11 is 6.08. The number of nitrogens with one attached hydrogen (secondary N) is 1. The van der Waals surface area contributed by atoms with Gasteiger partial charge in [0.15, 0.2) is 11.5 Å². The normalized spacial score (nSPS) is 13.1. The number of terminal acetylenes is 1. The number of benzene rings is 1. The second-order valence-electron chi connectivity index (χ2n) is 3.78. The highest BCUT2D eigenvalue weighted by Gasteiger charge is 2.15. The van der Waals surface area contributed by atoms with Gasteiger partial charge in [0.2, 0.25) is 5.91 Å². The van der Waals surface area contributed by atoms with Gasteiger partial charge in [0.05, 0.1) is 11.6 Å². The first-order chi connectivity index (χ1) is 9.20. The van der Waals surface area contributed by atoms with E-state index in [1.54, 1.807) is 18.2 Å². The van der Waals surface area contributed by atoms with Crippen LogP contribution in [0.4, 0.5) is 0 Å². The lowest BCUT2D eigenvalue weighted by Crippen LogP contribution is -2.20. The predicted octanol–water partition coefficient (Wildman–Crippen LogP) is 1.87. The smallest absolute Gasteiger partial charge is 0.244 e. The highest BCUT2D eigenvalue weighted by Crippen LogP contribution is 2.38. The van der Waals surface area contributed by atoms with Crippen molar-refractivity contribution < 1.29 is 14.3 Å². The molecule has 2 rings (SSSR count). The van der Waals surface area contributed by atoms with Crippen molar-refractivity contribution >= 4 is 23.6 Å². The molecule has 1 heterocycles. The van der Waals surface area contributed by atoms with E-state index in [4.69, 9.17) is 27.5 Å². The Morgan fingerprint density at radius 1 is 1.47 bits per heavy atom. The van der Waals surface area contributed by atoms with Crippen molar-refractivity contribution in [3.05, 3.63) is 28.8 Å². The number of carbonyl (C=O) groups is 1. The molecule has 0 aromatic heterocycles. The van der Waals surface area contributed by atoms with Gasteiger partial charge in [-0.1, -0.05) is 17.5 Å². The molecule has 0 unspecified atom stereocenters. The zero-order chi connectivity index (χ0) is 13.7.